The number of rotatable bonds is 9. The van der Waals surface area contributed by atoms with E-state index in [4.69, 9.17) is 9.31 Å². The lowest BCUT2D eigenvalue weighted by Crippen LogP contribution is -2.41. The highest BCUT2D eigenvalue weighted by Crippen LogP contribution is 2.40. The molecule has 22 heavy (non-hydrogen) atoms. The van der Waals surface area contributed by atoms with Crippen LogP contribution in [0.5, 0.6) is 0 Å². The molecule has 0 amide bonds. The Bertz CT molecular complexity index is 386. The third-order valence-electron chi connectivity index (χ3n) is 4.72. The molecule has 1 aliphatic rings. The average Bonchev–Trinajstić information content (AvgIpc) is 2.64. The van der Waals surface area contributed by atoms with Gasteiger partial charge in [-0.15, -0.1) is 0 Å². The first-order valence-electron chi connectivity index (χ1n) is 8.55. The van der Waals surface area contributed by atoms with Crippen molar-refractivity contribution in [1.29, 1.82) is 0 Å². The van der Waals surface area contributed by atoms with Crippen LogP contribution in [-0.4, -0.2) is 23.7 Å². The Morgan fingerprint density at radius 3 is 2.18 bits per heavy atom. The number of hydrogen-bond acceptors (Lipinski definition) is 2. The fourth-order valence-corrected chi connectivity index (χ4v) is 2.73. The molecule has 0 aromatic rings. The van der Waals surface area contributed by atoms with Crippen LogP contribution in [-0.2, 0) is 9.31 Å². The summed E-state index contributed by atoms with van der Waals surface area (Å²) in [6.07, 6.45) is 9.23. The molecule has 126 valence electrons. The molecule has 1 saturated heterocycles. The number of allylic oxidation sites excluding steroid dienone is 3. The van der Waals surface area contributed by atoms with Crippen LogP contribution in [0, 0.1) is 0 Å². The zero-order valence-electron chi connectivity index (χ0n) is 15.0. The predicted molar refractivity (Wildman–Crippen MR) is 100 cm³/mol. The monoisotopic (exact) mass is 370 g/mol. The van der Waals surface area contributed by atoms with E-state index in [0.717, 1.165) is 29.2 Å². The lowest BCUT2D eigenvalue weighted by molar-refractivity contribution is 0.00578. The van der Waals surface area contributed by atoms with Crippen molar-refractivity contribution in [3.8, 4) is 0 Å². The second-order valence-electron chi connectivity index (χ2n) is 7.14. The average molecular weight is 371 g/mol. The van der Waals surface area contributed by atoms with Crippen LogP contribution >= 0.6 is 15.9 Å². The molecule has 0 spiro atoms. The highest BCUT2D eigenvalue weighted by molar-refractivity contribution is 9.09. The molecule has 0 bridgehead atoms. The lowest BCUT2D eigenvalue weighted by atomic mass is 9.72. The Labute approximate surface area is 146 Å². The lowest BCUT2D eigenvalue weighted by Gasteiger charge is -2.32. The molecule has 0 radical (unpaired) electrons. The van der Waals surface area contributed by atoms with Gasteiger partial charge in [0, 0.05) is 5.33 Å². The highest BCUT2D eigenvalue weighted by atomic mass is 79.9. The second-order valence-corrected chi connectivity index (χ2v) is 7.93. The molecule has 0 atom stereocenters. The minimum atomic E-state index is -0.298. The second kappa shape index (κ2) is 8.70. The summed E-state index contributed by atoms with van der Waals surface area (Å²) < 4.78 is 12.4. The van der Waals surface area contributed by atoms with Gasteiger partial charge < -0.3 is 9.31 Å². The van der Waals surface area contributed by atoms with Gasteiger partial charge >= 0.3 is 7.12 Å². The Morgan fingerprint density at radius 2 is 1.68 bits per heavy atom. The molecule has 0 unspecified atom stereocenters. The minimum absolute atomic E-state index is 0.289. The molecule has 0 aromatic heterocycles. The van der Waals surface area contributed by atoms with Crippen LogP contribution in [0.15, 0.2) is 23.7 Å². The molecule has 4 heteroatoms. The summed E-state index contributed by atoms with van der Waals surface area (Å²) in [7, 11) is -0.289. The maximum Gasteiger partial charge on any atom is 0.494 e. The maximum absolute atomic E-state index is 6.21. The Balaban J connectivity index is 2.76. The summed E-state index contributed by atoms with van der Waals surface area (Å²) in [6, 6.07) is 0. The Hall–Kier alpha value is -0.0551. The molecular weight excluding hydrogens is 339 g/mol. The SMILES string of the molecule is C=C(CCCCCC)/C(=C/CCBr)B1OC(C)(C)C(C)(C)O1. The third-order valence-corrected chi connectivity index (χ3v) is 5.18. The smallest absolute Gasteiger partial charge is 0.399 e. The molecule has 2 nitrogen and oxygen atoms in total. The zero-order chi connectivity index (χ0) is 16.8. The van der Waals surface area contributed by atoms with Gasteiger partial charge in [0.2, 0.25) is 0 Å². The van der Waals surface area contributed by atoms with E-state index < -0.39 is 0 Å². The molecule has 0 aromatic carbocycles. The van der Waals surface area contributed by atoms with E-state index >= 15 is 0 Å². The van der Waals surface area contributed by atoms with E-state index in [1.807, 2.05) is 0 Å². The van der Waals surface area contributed by atoms with E-state index in [9.17, 15) is 0 Å². The predicted octanol–water partition coefficient (Wildman–Crippen LogP) is 5.86. The van der Waals surface area contributed by atoms with E-state index in [1.54, 1.807) is 0 Å². The molecule has 1 rings (SSSR count). The van der Waals surface area contributed by atoms with E-state index in [2.05, 4.69) is 63.2 Å². The van der Waals surface area contributed by atoms with Crippen molar-refractivity contribution in [2.24, 2.45) is 0 Å². The summed E-state index contributed by atoms with van der Waals surface area (Å²) >= 11 is 3.50. The molecule has 1 fully saturated rings. The highest BCUT2D eigenvalue weighted by Gasteiger charge is 2.52. The van der Waals surface area contributed by atoms with Crippen LogP contribution in [0.25, 0.3) is 0 Å². The van der Waals surface area contributed by atoms with Crippen molar-refractivity contribution in [1.82, 2.24) is 0 Å². The van der Waals surface area contributed by atoms with Gasteiger partial charge in [0.1, 0.15) is 0 Å². The summed E-state index contributed by atoms with van der Waals surface area (Å²) in [4.78, 5) is 0. The van der Waals surface area contributed by atoms with Crippen molar-refractivity contribution in [3.63, 3.8) is 0 Å². The van der Waals surface area contributed by atoms with Gasteiger partial charge in [0.25, 0.3) is 0 Å². The van der Waals surface area contributed by atoms with E-state index in [-0.39, 0.29) is 18.3 Å². The van der Waals surface area contributed by atoms with Crippen molar-refractivity contribution in [3.05, 3.63) is 23.7 Å². The van der Waals surface area contributed by atoms with Crippen LogP contribution < -0.4 is 0 Å². The van der Waals surface area contributed by atoms with Crippen molar-refractivity contribution < 1.29 is 9.31 Å². The van der Waals surface area contributed by atoms with Gasteiger partial charge in [-0.25, -0.2) is 0 Å². The van der Waals surface area contributed by atoms with Crippen molar-refractivity contribution in [2.75, 3.05) is 5.33 Å². The molecular formula is C18H32BBrO2. The number of hydrogen-bond donors (Lipinski definition) is 0. The van der Waals surface area contributed by atoms with Gasteiger partial charge in [-0.2, -0.15) is 0 Å². The standard InChI is InChI=1S/C18H32BBrO2/c1-7-8-9-10-12-15(2)16(13-11-14-20)19-21-17(3,4)18(5,6)22-19/h13H,2,7-12,14H2,1,3-6H3/b16-13-. The Morgan fingerprint density at radius 1 is 1.09 bits per heavy atom. The number of alkyl halides is 1. The molecule has 0 saturated carbocycles. The quantitative estimate of drug-likeness (QED) is 0.219. The number of halogens is 1. The maximum atomic E-state index is 6.21. The van der Waals surface area contributed by atoms with Crippen LogP contribution in [0.4, 0.5) is 0 Å². The van der Waals surface area contributed by atoms with Gasteiger partial charge in [-0.05, 0) is 52.4 Å². The largest absolute Gasteiger partial charge is 0.494 e. The molecule has 1 aliphatic heterocycles. The minimum Gasteiger partial charge on any atom is -0.399 e. The molecule has 0 N–H and O–H groups in total. The van der Waals surface area contributed by atoms with Crippen LogP contribution in [0.3, 0.4) is 0 Å². The van der Waals surface area contributed by atoms with Crippen molar-refractivity contribution in [2.45, 2.75) is 84.3 Å². The Kier molecular flexibility index (Phi) is 7.91. The summed E-state index contributed by atoms with van der Waals surface area (Å²) in [5.41, 5.74) is 1.70. The molecule has 0 aliphatic carbocycles. The zero-order valence-corrected chi connectivity index (χ0v) is 16.6. The normalized spacial score (nSPS) is 20.5. The van der Waals surface area contributed by atoms with Gasteiger partial charge in [-0.1, -0.05) is 60.3 Å². The first-order chi connectivity index (χ1) is 10.2. The number of unbranched alkanes of at least 4 members (excludes halogenated alkanes) is 3. The topological polar surface area (TPSA) is 18.5 Å². The van der Waals surface area contributed by atoms with E-state index in [0.29, 0.717) is 0 Å². The van der Waals surface area contributed by atoms with E-state index in [1.165, 1.54) is 25.7 Å². The first-order valence-corrected chi connectivity index (χ1v) is 9.67. The van der Waals surface area contributed by atoms with Gasteiger partial charge in [0.15, 0.2) is 0 Å². The van der Waals surface area contributed by atoms with Gasteiger partial charge in [0.05, 0.1) is 11.2 Å². The van der Waals surface area contributed by atoms with Gasteiger partial charge in [-0.3, -0.25) is 0 Å². The summed E-state index contributed by atoms with van der Waals surface area (Å²) in [6.45, 7) is 14.9. The van der Waals surface area contributed by atoms with Crippen molar-refractivity contribution >= 4 is 23.0 Å². The molecule has 1 heterocycles. The van der Waals surface area contributed by atoms with Crippen LogP contribution in [0.1, 0.15) is 73.1 Å². The first kappa shape index (κ1) is 20.0. The van der Waals surface area contributed by atoms with Crippen LogP contribution in [0.2, 0.25) is 0 Å². The summed E-state index contributed by atoms with van der Waals surface area (Å²) in [5.74, 6) is 0. The third kappa shape index (κ3) is 5.24. The summed E-state index contributed by atoms with van der Waals surface area (Å²) in [5, 5.41) is 0.944. The fraction of sp³-hybridized carbons (Fsp3) is 0.778. The fourth-order valence-electron chi connectivity index (χ4n) is 2.50.